The van der Waals surface area contributed by atoms with Crippen LogP contribution in [0.4, 0.5) is 11.8 Å². The second-order valence-corrected chi connectivity index (χ2v) is 6.18. The van der Waals surface area contributed by atoms with E-state index in [2.05, 4.69) is 30.8 Å². The van der Waals surface area contributed by atoms with Crippen molar-refractivity contribution in [2.45, 2.75) is 44.6 Å². The fourth-order valence-corrected chi connectivity index (χ4v) is 3.82. The first-order valence-corrected chi connectivity index (χ1v) is 7.60. The van der Waals surface area contributed by atoms with E-state index < -0.39 is 0 Å². The molecule has 1 aliphatic carbocycles. The third kappa shape index (κ3) is 2.32. The van der Waals surface area contributed by atoms with Crippen molar-refractivity contribution in [1.29, 1.82) is 0 Å². The largest absolute Gasteiger partial charge is 0.383 e. The summed E-state index contributed by atoms with van der Waals surface area (Å²) in [6, 6.07) is 2.38. The third-order valence-electron chi connectivity index (χ3n) is 4.20. The highest BCUT2D eigenvalue weighted by Gasteiger charge is 2.34. The van der Waals surface area contributed by atoms with E-state index in [1.807, 2.05) is 0 Å². The van der Waals surface area contributed by atoms with E-state index in [0.29, 0.717) is 11.9 Å². The van der Waals surface area contributed by atoms with Gasteiger partial charge in [-0.3, -0.25) is 0 Å². The van der Waals surface area contributed by atoms with E-state index >= 15 is 0 Å². The Balaban J connectivity index is 1.89. The van der Waals surface area contributed by atoms with Gasteiger partial charge in [-0.25, -0.2) is 4.98 Å². The zero-order valence-electron chi connectivity index (χ0n) is 10.5. The summed E-state index contributed by atoms with van der Waals surface area (Å²) in [6.07, 6.45) is 7.98. The molecule has 0 spiro atoms. The Kier molecular flexibility index (Phi) is 3.41. The predicted molar refractivity (Wildman–Crippen MR) is 76.5 cm³/mol. The van der Waals surface area contributed by atoms with Gasteiger partial charge in [-0.2, -0.15) is 4.98 Å². The molecule has 4 nitrogen and oxygen atoms in total. The van der Waals surface area contributed by atoms with Gasteiger partial charge >= 0.3 is 0 Å². The lowest BCUT2D eigenvalue weighted by atomic mass is 9.78. The molecule has 0 radical (unpaired) electrons. The monoisotopic (exact) mass is 310 g/mol. The van der Waals surface area contributed by atoms with E-state index in [4.69, 9.17) is 5.73 Å². The van der Waals surface area contributed by atoms with Gasteiger partial charge in [-0.15, -0.1) is 0 Å². The van der Waals surface area contributed by atoms with Crippen molar-refractivity contribution in [3.05, 3.63) is 10.7 Å². The zero-order chi connectivity index (χ0) is 12.5. The second kappa shape index (κ2) is 5.03. The molecule has 5 heteroatoms. The lowest BCUT2D eigenvalue weighted by Crippen LogP contribution is -2.47. The fourth-order valence-electron chi connectivity index (χ4n) is 3.42. The molecule has 3 rings (SSSR count). The molecule has 2 atom stereocenters. The molecule has 1 aromatic heterocycles. The average Bonchev–Trinajstić information content (AvgIpc) is 2.37. The molecule has 98 valence electrons. The Bertz CT molecular complexity index is 415. The van der Waals surface area contributed by atoms with Crippen molar-refractivity contribution in [1.82, 2.24) is 9.97 Å². The van der Waals surface area contributed by atoms with Crippen molar-refractivity contribution in [3.63, 3.8) is 0 Å². The van der Waals surface area contributed by atoms with Gasteiger partial charge in [0.1, 0.15) is 10.4 Å². The number of nitrogens with two attached hydrogens (primary N) is 1. The standard InChI is InChI=1S/C13H19BrN4/c14-11-8-12(15)17-13(16-11)18-7-3-5-9-4-1-2-6-10(9)18/h8-10H,1-7H2,(H2,15,16,17)/t9-,10-/m1/s1. The van der Waals surface area contributed by atoms with Crippen molar-refractivity contribution in [2.75, 3.05) is 17.2 Å². The Morgan fingerprint density at radius 2 is 1.94 bits per heavy atom. The Morgan fingerprint density at radius 1 is 1.17 bits per heavy atom. The van der Waals surface area contributed by atoms with Crippen LogP contribution >= 0.6 is 15.9 Å². The number of nitrogen functional groups attached to an aromatic ring is 1. The molecular weight excluding hydrogens is 292 g/mol. The van der Waals surface area contributed by atoms with Crippen molar-refractivity contribution >= 4 is 27.7 Å². The lowest BCUT2D eigenvalue weighted by Gasteiger charge is -2.44. The van der Waals surface area contributed by atoms with Crippen LogP contribution in [-0.4, -0.2) is 22.6 Å². The van der Waals surface area contributed by atoms with Gasteiger partial charge in [-0.05, 0) is 47.5 Å². The molecule has 18 heavy (non-hydrogen) atoms. The van der Waals surface area contributed by atoms with E-state index in [1.165, 1.54) is 38.5 Å². The molecule has 2 fully saturated rings. The number of aromatic nitrogens is 2. The Labute approximate surface area is 116 Å². The van der Waals surface area contributed by atoms with Crippen LogP contribution in [0.1, 0.15) is 38.5 Å². The molecule has 1 aliphatic heterocycles. The Hall–Kier alpha value is -0.840. The highest BCUT2D eigenvalue weighted by molar-refractivity contribution is 9.10. The van der Waals surface area contributed by atoms with E-state index in [0.717, 1.165) is 23.0 Å². The second-order valence-electron chi connectivity index (χ2n) is 5.36. The first kappa shape index (κ1) is 12.2. The maximum Gasteiger partial charge on any atom is 0.228 e. The van der Waals surface area contributed by atoms with Crippen molar-refractivity contribution < 1.29 is 0 Å². The summed E-state index contributed by atoms with van der Waals surface area (Å²) in [5, 5.41) is 0. The molecule has 2 heterocycles. The molecule has 0 bridgehead atoms. The van der Waals surface area contributed by atoms with Gasteiger partial charge in [0, 0.05) is 18.7 Å². The molecule has 1 saturated heterocycles. The number of piperidine rings is 1. The number of hydrogen-bond acceptors (Lipinski definition) is 4. The molecule has 0 aromatic carbocycles. The smallest absolute Gasteiger partial charge is 0.228 e. The van der Waals surface area contributed by atoms with Crippen LogP contribution in [0.25, 0.3) is 0 Å². The van der Waals surface area contributed by atoms with Gasteiger partial charge < -0.3 is 10.6 Å². The highest BCUT2D eigenvalue weighted by Crippen LogP contribution is 2.37. The molecular formula is C13H19BrN4. The summed E-state index contributed by atoms with van der Waals surface area (Å²) in [4.78, 5) is 11.3. The molecule has 2 N–H and O–H groups in total. The SMILES string of the molecule is Nc1cc(Br)nc(N2CCC[C@H]3CCCC[C@H]32)n1. The van der Waals surface area contributed by atoms with Crippen LogP contribution in [0.2, 0.25) is 0 Å². The normalized spacial score (nSPS) is 27.9. The van der Waals surface area contributed by atoms with Crippen LogP contribution in [0.15, 0.2) is 10.7 Å². The number of fused-ring (bicyclic) bond motifs is 1. The van der Waals surface area contributed by atoms with Crippen LogP contribution in [0.3, 0.4) is 0 Å². The van der Waals surface area contributed by atoms with E-state index in [9.17, 15) is 0 Å². The van der Waals surface area contributed by atoms with Gasteiger partial charge in [0.25, 0.3) is 0 Å². The number of rotatable bonds is 1. The molecule has 1 aromatic rings. The van der Waals surface area contributed by atoms with Crippen molar-refractivity contribution in [3.8, 4) is 0 Å². The van der Waals surface area contributed by atoms with Crippen molar-refractivity contribution in [2.24, 2.45) is 5.92 Å². The fraction of sp³-hybridized carbons (Fsp3) is 0.692. The summed E-state index contributed by atoms with van der Waals surface area (Å²) in [5.41, 5.74) is 5.83. The quantitative estimate of drug-likeness (QED) is 0.810. The Morgan fingerprint density at radius 3 is 2.78 bits per heavy atom. The first-order valence-electron chi connectivity index (χ1n) is 6.81. The number of nitrogens with zero attached hydrogens (tertiary/aromatic N) is 3. The molecule has 0 unspecified atom stereocenters. The summed E-state index contributed by atoms with van der Waals surface area (Å²) in [7, 11) is 0. The topological polar surface area (TPSA) is 55.0 Å². The van der Waals surface area contributed by atoms with Gasteiger partial charge in [0.05, 0.1) is 0 Å². The van der Waals surface area contributed by atoms with Crippen LogP contribution in [0.5, 0.6) is 0 Å². The zero-order valence-corrected chi connectivity index (χ0v) is 12.1. The number of anilines is 2. The summed E-state index contributed by atoms with van der Waals surface area (Å²) < 4.78 is 0.780. The minimum Gasteiger partial charge on any atom is -0.383 e. The van der Waals surface area contributed by atoms with Crippen LogP contribution in [0, 0.1) is 5.92 Å². The minimum absolute atomic E-state index is 0.546. The first-order chi connectivity index (χ1) is 8.74. The van der Waals surface area contributed by atoms with Crippen LogP contribution in [-0.2, 0) is 0 Å². The third-order valence-corrected chi connectivity index (χ3v) is 4.61. The molecule has 2 aliphatic rings. The van der Waals surface area contributed by atoms with E-state index in [-0.39, 0.29) is 0 Å². The predicted octanol–water partition coefficient (Wildman–Crippen LogP) is 2.98. The summed E-state index contributed by atoms with van der Waals surface area (Å²) in [6.45, 7) is 1.07. The number of halogens is 1. The van der Waals surface area contributed by atoms with Crippen LogP contribution < -0.4 is 10.6 Å². The van der Waals surface area contributed by atoms with Gasteiger partial charge in [-0.1, -0.05) is 12.8 Å². The number of hydrogen-bond donors (Lipinski definition) is 1. The summed E-state index contributed by atoms with van der Waals surface area (Å²) in [5.74, 6) is 2.18. The van der Waals surface area contributed by atoms with Gasteiger partial charge in [0.15, 0.2) is 0 Å². The molecule has 0 amide bonds. The maximum absolute atomic E-state index is 5.83. The minimum atomic E-state index is 0.546. The average molecular weight is 311 g/mol. The highest BCUT2D eigenvalue weighted by atomic mass is 79.9. The van der Waals surface area contributed by atoms with E-state index in [1.54, 1.807) is 6.07 Å². The lowest BCUT2D eigenvalue weighted by molar-refractivity contribution is 0.241. The molecule has 1 saturated carbocycles. The van der Waals surface area contributed by atoms with Gasteiger partial charge in [0.2, 0.25) is 5.95 Å². The summed E-state index contributed by atoms with van der Waals surface area (Å²) >= 11 is 3.41. The maximum atomic E-state index is 5.83.